The van der Waals surface area contributed by atoms with Gasteiger partial charge in [0.25, 0.3) is 5.91 Å². The standard InChI is InChI=1S/C16H19N3O2/c20-15(12-3-5-17-6-4-12)19-9-13-8-18(7-11-1-2-11)16(21)14(13)10-19/h3-6,11,13-14H,1-2,7-10H2/t13-,14+/m1/s1. The molecule has 110 valence electrons. The summed E-state index contributed by atoms with van der Waals surface area (Å²) >= 11 is 0. The Morgan fingerprint density at radius 3 is 2.62 bits per heavy atom. The van der Waals surface area contributed by atoms with E-state index in [1.54, 1.807) is 24.5 Å². The summed E-state index contributed by atoms with van der Waals surface area (Å²) in [6, 6.07) is 3.47. The largest absolute Gasteiger partial charge is 0.342 e. The zero-order valence-electron chi connectivity index (χ0n) is 11.9. The first-order valence-corrected chi connectivity index (χ1v) is 7.70. The fraction of sp³-hybridized carbons (Fsp3) is 0.562. The van der Waals surface area contributed by atoms with Crippen LogP contribution in [0, 0.1) is 17.8 Å². The van der Waals surface area contributed by atoms with Gasteiger partial charge in [-0.1, -0.05) is 0 Å². The van der Waals surface area contributed by atoms with E-state index in [1.807, 2.05) is 9.80 Å². The third-order valence-corrected chi connectivity index (χ3v) is 4.91. The van der Waals surface area contributed by atoms with Crippen LogP contribution in [-0.4, -0.2) is 52.8 Å². The van der Waals surface area contributed by atoms with Crippen molar-refractivity contribution >= 4 is 11.8 Å². The molecule has 2 aliphatic heterocycles. The van der Waals surface area contributed by atoms with Crippen LogP contribution in [0.15, 0.2) is 24.5 Å². The molecule has 1 aromatic rings. The number of hydrogen-bond donors (Lipinski definition) is 0. The van der Waals surface area contributed by atoms with E-state index in [4.69, 9.17) is 0 Å². The van der Waals surface area contributed by atoms with E-state index >= 15 is 0 Å². The van der Waals surface area contributed by atoms with Crippen LogP contribution < -0.4 is 0 Å². The summed E-state index contributed by atoms with van der Waals surface area (Å²) in [5, 5.41) is 0. The third kappa shape index (κ3) is 2.30. The van der Waals surface area contributed by atoms with Crippen LogP contribution in [0.1, 0.15) is 23.2 Å². The number of nitrogens with zero attached hydrogens (tertiary/aromatic N) is 3. The summed E-state index contributed by atoms with van der Waals surface area (Å²) in [7, 11) is 0. The first kappa shape index (κ1) is 12.8. The predicted molar refractivity (Wildman–Crippen MR) is 76.4 cm³/mol. The van der Waals surface area contributed by atoms with Gasteiger partial charge < -0.3 is 9.80 Å². The van der Waals surface area contributed by atoms with Crippen LogP contribution in [0.3, 0.4) is 0 Å². The van der Waals surface area contributed by atoms with E-state index in [1.165, 1.54) is 12.8 Å². The monoisotopic (exact) mass is 285 g/mol. The Labute approximate surface area is 123 Å². The van der Waals surface area contributed by atoms with Crippen LogP contribution in [-0.2, 0) is 4.79 Å². The first-order valence-electron chi connectivity index (χ1n) is 7.70. The molecule has 2 saturated heterocycles. The minimum atomic E-state index is 0.0216. The number of aromatic nitrogens is 1. The van der Waals surface area contributed by atoms with Crippen molar-refractivity contribution in [3.63, 3.8) is 0 Å². The van der Waals surface area contributed by atoms with Gasteiger partial charge in [-0.3, -0.25) is 14.6 Å². The SMILES string of the molecule is O=C(c1ccncc1)N1C[C@H]2CN(CC3CC3)C(=O)[C@H]2C1. The number of rotatable bonds is 3. The molecule has 2 atom stereocenters. The summed E-state index contributed by atoms with van der Waals surface area (Å²) in [5.41, 5.74) is 0.659. The molecule has 0 unspecified atom stereocenters. The highest BCUT2D eigenvalue weighted by atomic mass is 16.2. The van der Waals surface area contributed by atoms with E-state index in [-0.39, 0.29) is 17.7 Å². The highest BCUT2D eigenvalue weighted by molar-refractivity contribution is 5.95. The predicted octanol–water partition coefficient (Wildman–Crippen LogP) is 1.02. The van der Waals surface area contributed by atoms with Gasteiger partial charge in [0.2, 0.25) is 5.91 Å². The second kappa shape index (κ2) is 4.83. The molecule has 5 nitrogen and oxygen atoms in total. The molecule has 1 saturated carbocycles. The fourth-order valence-electron chi connectivity index (χ4n) is 3.56. The molecule has 0 N–H and O–H groups in total. The molecule has 0 radical (unpaired) electrons. The molecule has 2 amide bonds. The molecule has 4 rings (SSSR count). The van der Waals surface area contributed by atoms with Gasteiger partial charge in [0.05, 0.1) is 5.92 Å². The van der Waals surface area contributed by atoms with Crippen molar-refractivity contribution in [3.05, 3.63) is 30.1 Å². The third-order valence-electron chi connectivity index (χ3n) is 4.91. The molecule has 3 aliphatic rings. The Morgan fingerprint density at radius 2 is 1.95 bits per heavy atom. The highest BCUT2D eigenvalue weighted by Crippen LogP contribution is 2.36. The van der Waals surface area contributed by atoms with Gasteiger partial charge in [-0.15, -0.1) is 0 Å². The van der Waals surface area contributed by atoms with Crippen molar-refractivity contribution in [2.45, 2.75) is 12.8 Å². The zero-order chi connectivity index (χ0) is 14.4. The van der Waals surface area contributed by atoms with Gasteiger partial charge in [0, 0.05) is 50.1 Å². The first-order chi connectivity index (χ1) is 10.2. The molecule has 5 heteroatoms. The molecule has 1 aliphatic carbocycles. The van der Waals surface area contributed by atoms with Gasteiger partial charge in [0.15, 0.2) is 0 Å². The Balaban J connectivity index is 1.42. The number of likely N-dealkylation sites (tertiary alicyclic amines) is 2. The smallest absolute Gasteiger partial charge is 0.253 e. The Morgan fingerprint density at radius 1 is 1.19 bits per heavy atom. The van der Waals surface area contributed by atoms with Gasteiger partial charge in [-0.25, -0.2) is 0 Å². The summed E-state index contributed by atoms with van der Waals surface area (Å²) in [5.74, 6) is 1.36. The average Bonchev–Trinajstić information content (AvgIpc) is 3.16. The lowest BCUT2D eigenvalue weighted by Gasteiger charge is -2.21. The maximum atomic E-state index is 12.4. The number of amides is 2. The number of hydrogen-bond acceptors (Lipinski definition) is 3. The van der Waals surface area contributed by atoms with E-state index in [0.717, 1.165) is 19.0 Å². The lowest BCUT2D eigenvalue weighted by molar-refractivity contribution is -0.131. The second-order valence-electron chi connectivity index (χ2n) is 6.50. The van der Waals surface area contributed by atoms with Crippen LogP contribution in [0.5, 0.6) is 0 Å². The van der Waals surface area contributed by atoms with E-state index < -0.39 is 0 Å². The Hall–Kier alpha value is -1.91. The number of carbonyl (C=O) groups is 2. The molecule has 0 bridgehead atoms. The molecular weight excluding hydrogens is 266 g/mol. The summed E-state index contributed by atoms with van der Waals surface area (Å²) in [6.07, 6.45) is 5.80. The minimum Gasteiger partial charge on any atom is -0.342 e. The Bertz CT molecular complexity index is 570. The average molecular weight is 285 g/mol. The normalized spacial score (nSPS) is 28.1. The summed E-state index contributed by atoms with van der Waals surface area (Å²) in [6.45, 7) is 3.05. The number of fused-ring (bicyclic) bond motifs is 1. The van der Waals surface area contributed by atoms with Gasteiger partial charge in [0.1, 0.15) is 0 Å². The van der Waals surface area contributed by atoms with Crippen LogP contribution in [0.2, 0.25) is 0 Å². The number of carbonyl (C=O) groups excluding carboxylic acids is 2. The van der Waals surface area contributed by atoms with E-state index in [2.05, 4.69) is 4.98 Å². The topological polar surface area (TPSA) is 53.5 Å². The quantitative estimate of drug-likeness (QED) is 0.833. The summed E-state index contributed by atoms with van der Waals surface area (Å²) in [4.78, 5) is 32.7. The maximum absolute atomic E-state index is 12.4. The van der Waals surface area contributed by atoms with Crippen molar-refractivity contribution in [1.29, 1.82) is 0 Å². The molecule has 21 heavy (non-hydrogen) atoms. The number of pyridine rings is 1. The molecule has 0 spiro atoms. The minimum absolute atomic E-state index is 0.0216. The van der Waals surface area contributed by atoms with Gasteiger partial charge >= 0.3 is 0 Å². The van der Waals surface area contributed by atoms with E-state index in [0.29, 0.717) is 24.6 Å². The van der Waals surface area contributed by atoms with Crippen molar-refractivity contribution in [1.82, 2.24) is 14.8 Å². The van der Waals surface area contributed by atoms with Crippen molar-refractivity contribution in [3.8, 4) is 0 Å². The highest BCUT2D eigenvalue weighted by Gasteiger charge is 2.48. The van der Waals surface area contributed by atoms with Crippen molar-refractivity contribution in [2.24, 2.45) is 17.8 Å². The van der Waals surface area contributed by atoms with Gasteiger partial charge in [-0.2, -0.15) is 0 Å². The molecule has 3 fully saturated rings. The van der Waals surface area contributed by atoms with Crippen LogP contribution in [0.4, 0.5) is 0 Å². The lowest BCUT2D eigenvalue weighted by atomic mass is 10.0. The van der Waals surface area contributed by atoms with Crippen LogP contribution in [0.25, 0.3) is 0 Å². The lowest BCUT2D eigenvalue weighted by Crippen LogP contribution is -2.36. The van der Waals surface area contributed by atoms with Crippen molar-refractivity contribution in [2.75, 3.05) is 26.2 Å². The molecule has 0 aromatic carbocycles. The molecular formula is C16H19N3O2. The Kier molecular flexibility index (Phi) is 2.94. The van der Waals surface area contributed by atoms with E-state index in [9.17, 15) is 9.59 Å². The van der Waals surface area contributed by atoms with Gasteiger partial charge in [-0.05, 0) is 30.9 Å². The zero-order valence-corrected chi connectivity index (χ0v) is 11.9. The van der Waals surface area contributed by atoms with Crippen LogP contribution >= 0.6 is 0 Å². The fourth-order valence-corrected chi connectivity index (χ4v) is 3.56. The maximum Gasteiger partial charge on any atom is 0.253 e. The summed E-state index contributed by atoms with van der Waals surface area (Å²) < 4.78 is 0. The second-order valence-corrected chi connectivity index (χ2v) is 6.50. The molecule has 3 heterocycles. The van der Waals surface area contributed by atoms with Crippen molar-refractivity contribution < 1.29 is 9.59 Å². The molecule has 1 aromatic heterocycles.